The number of esters is 1. The molecule has 1 aliphatic rings. The summed E-state index contributed by atoms with van der Waals surface area (Å²) in [5.74, 6) is 0.298. The molecule has 1 N–H and O–H groups in total. The lowest BCUT2D eigenvalue weighted by atomic mass is 10.1. The van der Waals surface area contributed by atoms with Crippen LogP contribution in [0.3, 0.4) is 0 Å². The zero-order valence-electron chi connectivity index (χ0n) is 11.0. The van der Waals surface area contributed by atoms with E-state index in [1.807, 2.05) is 6.92 Å². The molecule has 1 amide bonds. The molecule has 0 aliphatic carbocycles. The Balaban J connectivity index is 2.57. The van der Waals surface area contributed by atoms with Gasteiger partial charge in [-0.3, -0.25) is 14.9 Å². The number of carbonyl (C=O) groups is 2. The third-order valence-corrected chi connectivity index (χ3v) is 2.95. The van der Waals surface area contributed by atoms with Gasteiger partial charge in [-0.1, -0.05) is 13.8 Å². The minimum Gasteiger partial charge on any atom is -0.469 e. The molecule has 0 saturated carbocycles. The van der Waals surface area contributed by atoms with Crippen LogP contribution in [0.1, 0.15) is 33.6 Å². The second-order valence-corrected chi connectivity index (χ2v) is 4.89. The molecule has 5 nitrogen and oxygen atoms in total. The Morgan fingerprint density at radius 2 is 2.18 bits per heavy atom. The molecule has 2 unspecified atom stereocenters. The summed E-state index contributed by atoms with van der Waals surface area (Å²) in [7, 11) is 1.36. The maximum atomic E-state index is 11.9. The van der Waals surface area contributed by atoms with E-state index in [2.05, 4.69) is 23.9 Å². The van der Waals surface area contributed by atoms with Crippen molar-refractivity contribution in [2.75, 3.05) is 13.7 Å². The first-order valence-electron chi connectivity index (χ1n) is 6.09. The Hall–Kier alpha value is -1.10. The summed E-state index contributed by atoms with van der Waals surface area (Å²) < 4.78 is 4.59. The summed E-state index contributed by atoms with van der Waals surface area (Å²) in [5.41, 5.74) is 0. The molecule has 98 valence electrons. The molecule has 0 bridgehead atoms. The van der Waals surface area contributed by atoms with E-state index in [1.54, 1.807) is 4.90 Å². The Bertz CT molecular complexity index is 291. The number of carbonyl (C=O) groups excluding carboxylic acids is 2. The molecular formula is C12H22N2O3. The standard InChI is InChI=1S/C12H22N2O3/c1-8(2)7-10-13-9(3)12(16)14(10)6-5-11(15)17-4/h8-10,13H,5-7H2,1-4H3. The van der Waals surface area contributed by atoms with Gasteiger partial charge in [0.1, 0.15) is 0 Å². The highest BCUT2D eigenvalue weighted by molar-refractivity contribution is 5.84. The lowest BCUT2D eigenvalue weighted by Crippen LogP contribution is -2.39. The van der Waals surface area contributed by atoms with Gasteiger partial charge in [-0.05, 0) is 19.3 Å². The number of amides is 1. The number of hydrogen-bond donors (Lipinski definition) is 1. The highest BCUT2D eigenvalue weighted by Gasteiger charge is 2.36. The lowest BCUT2D eigenvalue weighted by molar-refractivity contribution is -0.141. The molecule has 5 heteroatoms. The number of nitrogens with zero attached hydrogens (tertiary/aromatic N) is 1. The zero-order valence-corrected chi connectivity index (χ0v) is 11.0. The molecule has 1 heterocycles. The fourth-order valence-corrected chi connectivity index (χ4v) is 2.07. The number of hydrogen-bond acceptors (Lipinski definition) is 4. The third kappa shape index (κ3) is 3.70. The van der Waals surface area contributed by atoms with Crippen molar-refractivity contribution in [2.24, 2.45) is 5.92 Å². The van der Waals surface area contributed by atoms with E-state index < -0.39 is 0 Å². The molecule has 0 aromatic rings. The van der Waals surface area contributed by atoms with Gasteiger partial charge in [0.15, 0.2) is 0 Å². The minimum absolute atomic E-state index is 0.0437. The third-order valence-electron chi connectivity index (χ3n) is 2.95. The van der Waals surface area contributed by atoms with Crippen molar-refractivity contribution in [2.45, 2.75) is 45.8 Å². The molecule has 0 radical (unpaired) electrons. The van der Waals surface area contributed by atoms with E-state index in [-0.39, 0.29) is 30.5 Å². The van der Waals surface area contributed by atoms with Gasteiger partial charge in [-0.25, -0.2) is 0 Å². The summed E-state index contributed by atoms with van der Waals surface area (Å²) >= 11 is 0. The monoisotopic (exact) mass is 242 g/mol. The Morgan fingerprint density at radius 3 is 2.71 bits per heavy atom. The molecule has 0 aromatic heterocycles. The van der Waals surface area contributed by atoms with Crippen molar-refractivity contribution in [3.8, 4) is 0 Å². The van der Waals surface area contributed by atoms with Gasteiger partial charge in [0.2, 0.25) is 5.91 Å². The molecule has 17 heavy (non-hydrogen) atoms. The van der Waals surface area contributed by atoms with Crippen LogP contribution in [0.25, 0.3) is 0 Å². The fourth-order valence-electron chi connectivity index (χ4n) is 2.07. The van der Waals surface area contributed by atoms with Crippen LogP contribution in [0.5, 0.6) is 0 Å². The summed E-state index contributed by atoms with van der Waals surface area (Å²) in [6, 6.07) is -0.156. The largest absolute Gasteiger partial charge is 0.469 e. The topological polar surface area (TPSA) is 58.6 Å². The maximum Gasteiger partial charge on any atom is 0.307 e. The SMILES string of the molecule is COC(=O)CCN1C(=O)C(C)NC1CC(C)C. The van der Waals surface area contributed by atoms with Crippen molar-refractivity contribution >= 4 is 11.9 Å². The number of methoxy groups -OCH3 is 1. The molecular weight excluding hydrogens is 220 g/mol. The van der Waals surface area contributed by atoms with Gasteiger partial charge < -0.3 is 9.64 Å². The average molecular weight is 242 g/mol. The second-order valence-electron chi connectivity index (χ2n) is 4.89. The van der Waals surface area contributed by atoms with Gasteiger partial charge in [-0.2, -0.15) is 0 Å². The summed E-state index contributed by atoms with van der Waals surface area (Å²) in [4.78, 5) is 24.8. The van der Waals surface area contributed by atoms with Crippen LogP contribution in [-0.4, -0.2) is 42.6 Å². The van der Waals surface area contributed by atoms with Crippen LogP contribution in [0.2, 0.25) is 0 Å². The van der Waals surface area contributed by atoms with E-state index in [0.29, 0.717) is 12.5 Å². The van der Waals surface area contributed by atoms with Crippen LogP contribution in [0.15, 0.2) is 0 Å². The van der Waals surface area contributed by atoms with E-state index in [4.69, 9.17) is 0 Å². The normalized spacial score (nSPS) is 24.5. The van der Waals surface area contributed by atoms with Gasteiger partial charge in [0, 0.05) is 6.54 Å². The minimum atomic E-state index is -0.277. The predicted octanol–water partition coefficient (Wildman–Crippen LogP) is 0.742. The molecule has 0 aromatic carbocycles. The number of ether oxygens (including phenoxy) is 1. The van der Waals surface area contributed by atoms with Crippen molar-refractivity contribution in [1.82, 2.24) is 10.2 Å². The first-order valence-corrected chi connectivity index (χ1v) is 6.09. The van der Waals surface area contributed by atoms with E-state index in [1.165, 1.54) is 7.11 Å². The Labute approximate surface area is 102 Å². The summed E-state index contributed by atoms with van der Waals surface area (Å²) in [6.45, 7) is 6.52. The van der Waals surface area contributed by atoms with Crippen LogP contribution in [0.4, 0.5) is 0 Å². The first-order chi connectivity index (χ1) is 7.95. The van der Waals surface area contributed by atoms with Gasteiger partial charge in [-0.15, -0.1) is 0 Å². The van der Waals surface area contributed by atoms with Gasteiger partial charge in [0.25, 0.3) is 0 Å². The summed E-state index contributed by atoms with van der Waals surface area (Å²) in [6.07, 6.45) is 1.20. The van der Waals surface area contributed by atoms with E-state index in [9.17, 15) is 9.59 Å². The van der Waals surface area contributed by atoms with Crippen molar-refractivity contribution < 1.29 is 14.3 Å². The quantitative estimate of drug-likeness (QED) is 0.722. The summed E-state index contributed by atoms with van der Waals surface area (Å²) in [5, 5.41) is 3.25. The van der Waals surface area contributed by atoms with Crippen LogP contribution in [0, 0.1) is 5.92 Å². The van der Waals surface area contributed by atoms with E-state index in [0.717, 1.165) is 6.42 Å². The maximum absolute atomic E-state index is 11.9. The molecule has 1 rings (SSSR count). The first kappa shape index (κ1) is 14.0. The predicted molar refractivity (Wildman–Crippen MR) is 64.2 cm³/mol. The van der Waals surface area contributed by atoms with Crippen LogP contribution in [-0.2, 0) is 14.3 Å². The van der Waals surface area contributed by atoms with E-state index >= 15 is 0 Å². The Morgan fingerprint density at radius 1 is 1.53 bits per heavy atom. The smallest absolute Gasteiger partial charge is 0.307 e. The molecule has 1 fully saturated rings. The zero-order chi connectivity index (χ0) is 13.0. The molecule has 1 aliphatic heterocycles. The van der Waals surface area contributed by atoms with Crippen molar-refractivity contribution in [3.05, 3.63) is 0 Å². The van der Waals surface area contributed by atoms with Crippen molar-refractivity contribution in [1.29, 1.82) is 0 Å². The van der Waals surface area contributed by atoms with Crippen LogP contribution < -0.4 is 5.32 Å². The number of rotatable bonds is 5. The fraction of sp³-hybridized carbons (Fsp3) is 0.833. The molecule has 0 spiro atoms. The highest BCUT2D eigenvalue weighted by Crippen LogP contribution is 2.17. The Kier molecular flexibility index (Phi) is 4.93. The average Bonchev–Trinajstić information content (AvgIpc) is 2.51. The molecule has 2 atom stereocenters. The number of nitrogens with one attached hydrogen (secondary N) is 1. The van der Waals surface area contributed by atoms with Crippen LogP contribution >= 0.6 is 0 Å². The second kappa shape index (κ2) is 6.00. The van der Waals surface area contributed by atoms with Gasteiger partial charge >= 0.3 is 5.97 Å². The lowest BCUT2D eigenvalue weighted by Gasteiger charge is -2.25. The van der Waals surface area contributed by atoms with Gasteiger partial charge in [0.05, 0.1) is 25.7 Å². The van der Waals surface area contributed by atoms with Crippen molar-refractivity contribution in [3.63, 3.8) is 0 Å². The molecule has 1 saturated heterocycles. The highest BCUT2D eigenvalue weighted by atomic mass is 16.5.